The third kappa shape index (κ3) is 1.74. The largest absolute Gasteiger partial charge is 0.213 e. The molecule has 0 unspecified atom stereocenters. The molecule has 0 spiro atoms. The van der Waals surface area contributed by atoms with Crippen LogP contribution in [0.2, 0.25) is 5.15 Å². The van der Waals surface area contributed by atoms with Crippen molar-refractivity contribution in [2.24, 2.45) is 0 Å². The van der Waals surface area contributed by atoms with E-state index in [0.29, 0.717) is 22.6 Å². The Hall–Kier alpha value is -2.45. The molecule has 0 atom stereocenters. The van der Waals surface area contributed by atoms with Crippen LogP contribution in [0.15, 0.2) is 30.3 Å². The molecule has 0 aliphatic carbocycles. The van der Waals surface area contributed by atoms with Gasteiger partial charge in [-0.15, -0.1) is 10.2 Å². The van der Waals surface area contributed by atoms with Crippen molar-refractivity contribution in [1.82, 2.24) is 19.8 Å². The van der Waals surface area contributed by atoms with Crippen molar-refractivity contribution < 1.29 is 0 Å². The molecule has 0 saturated heterocycles. The van der Waals surface area contributed by atoms with Crippen LogP contribution in [-0.4, -0.2) is 19.8 Å². The second kappa shape index (κ2) is 4.34. The first-order chi connectivity index (χ1) is 9.22. The lowest BCUT2D eigenvalue weighted by molar-refractivity contribution is 0.852. The average Bonchev–Trinajstić information content (AvgIpc) is 2.83. The van der Waals surface area contributed by atoms with Crippen LogP contribution in [0.25, 0.3) is 16.9 Å². The average molecular weight is 270 g/mol. The van der Waals surface area contributed by atoms with Gasteiger partial charge in [-0.1, -0.05) is 41.9 Å². The highest BCUT2D eigenvalue weighted by molar-refractivity contribution is 6.29. The first-order valence-corrected chi connectivity index (χ1v) is 5.97. The highest BCUT2D eigenvalue weighted by Crippen LogP contribution is 2.25. The molecule has 0 fully saturated rings. The van der Waals surface area contributed by atoms with Gasteiger partial charge in [-0.25, -0.2) is 4.52 Å². The molecule has 0 amide bonds. The van der Waals surface area contributed by atoms with Crippen LogP contribution in [0.4, 0.5) is 0 Å². The minimum atomic E-state index is 0.277. The molecule has 0 saturated carbocycles. The Morgan fingerprint density at radius 3 is 2.63 bits per heavy atom. The van der Waals surface area contributed by atoms with E-state index in [1.54, 1.807) is 11.4 Å². The Balaban J connectivity index is 2.39. The molecule has 1 aromatic carbocycles. The Bertz CT molecular complexity index is 801. The summed E-state index contributed by atoms with van der Waals surface area (Å²) in [5.74, 6) is 0. The number of aryl methyl sites for hydroxylation is 1. The summed E-state index contributed by atoms with van der Waals surface area (Å²) in [4.78, 5) is 0. The third-order valence-electron chi connectivity index (χ3n) is 2.87. The number of nitriles is 1. The Morgan fingerprint density at radius 1 is 1.21 bits per heavy atom. The molecule has 0 bridgehead atoms. The number of halogens is 1. The maximum atomic E-state index is 9.32. The van der Waals surface area contributed by atoms with Crippen LogP contribution in [0.3, 0.4) is 0 Å². The van der Waals surface area contributed by atoms with Crippen LogP contribution < -0.4 is 0 Å². The molecule has 0 N–H and O–H groups in total. The van der Waals surface area contributed by atoms with Gasteiger partial charge in [0, 0.05) is 5.56 Å². The van der Waals surface area contributed by atoms with E-state index in [1.165, 1.54) is 0 Å². The Morgan fingerprint density at radius 2 is 1.95 bits per heavy atom. The van der Waals surface area contributed by atoms with E-state index in [0.717, 1.165) is 5.56 Å². The van der Waals surface area contributed by atoms with Gasteiger partial charge in [0.25, 0.3) is 0 Å². The zero-order valence-electron chi connectivity index (χ0n) is 10.0. The lowest BCUT2D eigenvalue weighted by Gasteiger charge is -1.97. The summed E-state index contributed by atoms with van der Waals surface area (Å²) in [6.07, 6.45) is 0. The van der Waals surface area contributed by atoms with Gasteiger partial charge in [0.1, 0.15) is 17.3 Å². The zero-order chi connectivity index (χ0) is 13.4. The first kappa shape index (κ1) is 11.6. The van der Waals surface area contributed by atoms with Gasteiger partial charge in [-0.05, 0) is 6.92 Å². The molecule has 0 radical (unpaired) electrons. The number of hydrogen-bond acceptors (Lipinski definition) is 4. The summed E-state index contributed by atoms with van der Waals surface area (Å²) in [7, 11) is 0. The predicted molar refractivity (Wildman–Crippen MR) is 70.7 cm³/mol. The number of hydrogen-bond donors (Lipinski definition) is 0. The monoisotopic (exact) mass is 269 g/mol. The van der Waals surface area contributed by atoms with Gasteiger partial charge >= 0.3 is 0 Å². The number of rotatable bonds is 1. The SMILES string of the molecule is Cc1c(Cl)nnc2c(C#N)c(-c3ccccc3)nn12. The Labute approximate surface area is 114 Å². The predicted octanol–water partition coefficient (Wildman–Crippen LogP) is 2.62. The maximum Gasteiger partial charge on any atom is 0.196 e. The van der Waals surface area contributed by atoms with Crippen LogP contribution >= 0.6 is 11.6 Å². The van der Waals surface area contributed by atoms with E-state index in [4.69, 9.17) is 11.6 Å². The van der Waals surface area contributed by atoms with Crippen molar-refractivity contribution >= 4 is 17.2 Å². The second-order valence-electron chi connectivity index (χ2n) is 4.01. The molecule has 3 rings (SSSR count). The summed E-state index contributed by atoms with van der Waals surface area (Å²) in [5.41, 5.74) is 2.93. The van der Waals surface area contributed by atoms with E-state index >= 15 is 0 Å². The van der Waals surface area contributed by atoms with E-state index in [9.17, 15) is 5.26 Å². The number of fused-ring (bicyclic) bond motifs is 1. The van der Waals surface area contributed by atoms with Crippen LogP contribution in [0.5, 0.6) is 0 Å². The summed E-state index contributed by atoms with van der Waals surface area (Å²) in [6, 6.07) is 11.6. The lowest BCUT2D eigenvalue weighted by atomic mass is 10.1. The molecule has 19 heavy (non-hydrogen) atoms. The topological polar surface area (TPSA) is 66.9 Å². The normalized spacial score (nSPS) is 10.6. The summed E-state index contributed by atoms with van der Waals surface area (Å²) in [5, 5.41) is 21.8. The smallest absolute Gasteiger partial charge is 0.196 e. The summed E-state index contributed by atoms with van der Waals surface area (Å²) >= 11 is 5.92. The molecule has 3 aromatic rings. The number of aromatic nitrogens is 4. The molecule has 2 heterocycles. The van der Waals surface area contributed by atoms with E-state index in [1.807, 2.05) is 30.3 Å². The van der Waals surface area contributed by atoms with Gasteiger partial charge in [0.05, 0.1) is 5.69 Å². The second-order valence-corrected chi connectivity index (χ2v) is 4.37. The molecule has 2 aromatic heterocycles. The fraction of sp³-hybridized carbons (Fsp3) is 0.0769. The summed E-state index contributed by atoms with van der Waals surface area (Å²) < 4.78 is 1.55. The molecule has 0 aliphatic rings. The van der Waals surface area contributed by atoms with Gasteiger partial charge in [0.15, 0.2) is 10.8 Å². The van der Waals surface area contributed by atoms with Crippen LogP contribution in [0.1, 0.15) is 11.3 Å². The molecule has 0 aliphatic heterocycles. The lowest BCUT2D eigenvalue weighted by Crippen LogP contribution is -1.99. The minimum Gasteiger partial charge on any atom is -0.213 e. The van der Waals surface area contributed by atoms with Crippen molar-refractivity contribution in [2.75, 3.05) is 0 Å². The van der Waals surface area contributed by atoms with E-state index in [-0.39, 0.29) is 5.15 Å². The van der Waals surface area contributed by atoms with Gasteiger partial charge < -0.3 is 0 Å². The van der Waals surface area contributed by atoms with E-state index < -0.39 is 0 Å². The van der Waals surface area contributed by atoms with Gasteiger partial charge in [-0.3, -0.25) is 0 Å². The van der Waals surface area contributed by atoms with Crippen molar-refractivity contribution in [1.29, 1.82) is 5.26 Å². The number of nitrogens with zero attached hydrogens (tertiary/aromatic N) is 5. The van der Waals surface area contributed by atoms with Crippen LogP contribution in [0, 0.1) is 18.3 Å². The quantitative estimate of drug-likeness (QED) is 0.681. The maximum absolute atomic E-state index is 9.32. The third-order valence-corrected chi connectivity index (χ3v) is 3.22. The number of benzene rings is 1. The fourth-order valence-electron chi connectivity index (χ4n) is 1.89. The highest BCUT2D eigenvalue weighted by Gasteiger charge is 2.18. The van der Waals surface area contributed by atoms with Crippen molar-refractivity contribution in [3.63, 3.8) is 0 Å². The van der Waals surface area contributed by atoms with E-state index in [2.05, 4.69) is 21.4 Å². The molecule has 6 heteroatoms. The van der Waals surface area contributed by atoms with Crippen LogP contribution in [-0.2, 0) is 0 Å². The fourth-order valence-corrected chi connectivity index (χ4v) is 2.01. The molecule has 92 valence electrons. The molecule has 5 nitrogen and oxygen atoms in total. The van der Waals surface area contributed by atoms with Crippen molar-refractivity contribution in [3.05, 3.63) is 46.7 Å². The minimum absolute atomic E-state index is 0.277. The van der Waals surface area contributed by atoms with Gasteiger partial charge in [-0.2, -0.15) is 10.4 Å². The van der Waals surface area contributed by atoms with Crippen molar-refractivity contribution in [2.45, 2.75) is 6.92 Å². The van der Waals surface area contributed by atoms with Gasteiger partial charge in [0.2, 0.25) is 0 Å². The highest BCUT2D eigenvalue weighted by atomic mass is 35.5. The first-order valence-electron chi connectivity index (χ1n) is 5.59. The Kier molecular flexibility index (Phi) is 2.65. The molecular formula is C13H8ClN5. The van der Waals surface area contributed by atoms with Crippen molar-refractivity contribution in [3.8, 4) is 17.3 Å². The standard InChI is InChI=1S/C13H8ClN5/c1-8-12(14)16-17-13-10(7-15)11(18-19(8)13)9-5-3-2-4-6-9/h2-6H,1H3. The molecular weight excluding hydrogens is 262 g/mol. The zero-order valence-corrected chi connectivity index (χ0v) is 10.8. The summed E-state index contributed by atoms with van der Waals surface area (Å²) in [6.45, 7) is 1.78.